The molecular formula is C15H17NO2. The van der Waals surface area contributed by atoms with Crippen LogP contribution in [-0.4, -0.2) is 10.2 Å². The molecule has 3 heteroatoms. The van der Waals surface area contributed by atoms with Gasteiger partial charge >= 0.3 is 0 Å². The van der Waals surface area contributed by atoms with E-state index in [4.69, 9.17) is 0 Å². The van der Waals surface area contributed by atoms with Gasteiger partial charge in [-0.1, -0.05) is 12.1 Å². The fraction of sp³-hybridized carbons (Fsp3) is 0.200. The predicted octanol–water partition coefficient (Wildman–Crippen LogP) is 3.58. The molecule has 0 radical (unpaired) electrons. The molecule has 0 aliphatic carbocycles. The first-order chi connectivity index (χ1) is 8.56. The van der Waals surface area contributed by atoms with Gasteiger partial charge < -0.3 is 15.5 Å². The van der Waals surface area contributed by atoms with E-state index in [9.17, 15) is 10.2 Å². The Bertz CT molecular complexity index is 552. The third kappa shape index (κ3) is 2.74. The van der Waals surface area contributed by atoms with Gasteiger partial charge in [0.25, 0.3) is 0 Å². The highest BCUT2D eigenvalue weighted by Gasteiger charge is 2.07. The van der Waals surface area contributed by atoms with E-state index in [1.54, 1.807) is 24.3 Å². The number of rotatable bonds is 3. The molecule has 94 valence electrons. The van der Waals surface area contributed by atoms with Crippen molar-refractivity contribution in [2.75, 3.05) is 5.32 Å². The van der Waals surface area contributed by atoms with E-state index in [2.05, 4.69) is 5.32 Å². The van der Waals surface area contributed by atoms with Gasteiger partial charge in [-0.15, -0.1) is 0 Å². The summed E-state index contributed by atoms with van der Waals surface area (Å²) in [6.45, 7) is 3.97. The fourth-order valence-electron chi connectivity index (χ4n) is 1.92. The lowest BCUT2D eigenvalue weighted by atomic mass is 10.1. The van der Waals surface area contributed by atoms with Crippen LogP contribution >= 0.6 is 0 Å². The molecule has 2 aromatic rings. The molecule has 0 aliphatic heterocycles. The van der Waals surface area contributed by atoms with Crippen molar-refractivity contribution >= 4 is 5.69 Å². The monoisotopic (exact) mass is 243 g/mol. The number of benzene rings is 2. The van der Waals surface area contributed by atoms with Gasteiger partial charge in [-0.25, -0.2) is 0 Å². The second-order valence-electron chi connectivity index (χ2n) is 4.46. The van der Waals surface area contributed by atoms with Gasteiger partial charge in [0.2, 0.25) is 0 Å². The first kappa shape index (κ1) is 12.3. The van der Waals surface area contributed by atoms with Crippen molar-refractivity contribution in [2.45, 2.75) is 19.9 Å². The van der Waals surface area contributed by atoms with Gasteiger partial charge in [0.15, 0.2) is 0 Å². The van der Waals surface area contributed by atoms with E-state index in [1.165, 1.54) is 0 Å². The highest BCUT2D eigenvalue weighted by atomic mass is 16.3. The van der Waals surface area contributed by atoms with Crippen LogP contribution in [0.1, 0.15) is 24.1 Å². The summed E-state index contributed by atoms with van der Waals surface area (Å²) in [5.41, 5.74) is 2.98. The smallest absolute Gasteiger partial charge is 0.115 e. The minimum Gasteiger partial charge on any atom is -0.508 e. The summed E-state index contributed by atoms with van der Waals surface area (Å²) in [6.07, 6.45) is 0. The molecule has 2 rings (SSSR count). The van der Waals surface area contributed by atoms with Crippen molar-refractivity contribution in [3.8, 4) is 11.5 Å². The Morgan fingerprint density at radius 2 is 1.72 bits per heavy atom. The average Bonchev–Trinajstić information content (AvgIpc) is 2.32. The van der Waals surface area contributed by atoms with E-state index < -0.39 is 0 Å². The molecule has 0 heterocycles. The maximum Gasteiger partial charge on any atom is 0.115 e. The Morgan fingerprint density at radius 1 is 1.00 bits per heavy atom. The van der Waals surface area contributed by atoms with Crippen molar-refractivity contribution in [1.82, 2.24) is 0 Å². The molecule has 0 aliphatic rings. The van der Waals surface area contributed by atoms with Crippen LogP contribution in [0.5, 0.6) is 11.5 Å². The Morgan fingerprint density at radius 3 is 2.39 bits per heavy atom. The molecule has 0 aromatic heterocycles. The number of anilines is 1. The summed E-state index contributed by atoms with van der Waals surface area (Å²) in [5.74, 6) is 0.534. The van der Waals surface area contributed by atoms with E-state index in [-0.39, 0.29) is 17.5 Å². The summed E-state index contributed by atoms with van der Waals surface area (Å²) in [5, 5.41) is 22.2. The van der Waals surface area contributed by atoms with Crippen LogP contribution < -0.4 is 5.32 Å². The number of aryl methyl sites for hydroxylation is 1. The number of aromatic hydroxyl groups is 2. The SMILES string of the molecule is Cc1cc(O)ccc1NC(C)c1cccc(O)c1. The maximum absolute atomic E-state index is 9.46. The van der Waals surface area contributed by atoms with E-state index >= 15 is 0 Å². The minimum atomic E-state index is 0.0837. The van der Waals surface area contributed by atoms with Gasteiger partial charge in [-0.2, -0.15) is 0 Å². The van der Waals surface area contributed by atoms with Crippen molar-refractivity contribution in [3.05, 3.63) is 53.6 Å². The van der Waals surface area contributed by atoms with Crippen molar-refractivity contribution < 1.29 is 10.2 Å². The van der Waals surface area contributed by atoms with Crippen LogP contribution in [0, 0.1) is 6.92 Å². The summed E-state index contributed by atoms with van der Waals surface area (Å²) in [4.78, 5) is 0. The Kier molecular flexibility index (Phi) is 3.42. The highest BCUT2D eigenvalue weighted by Crippen LogP contribution is 2.26. The van der Waals surface area contributed by atoms with Crippen molar-refractivity contribution in [2.24, 2.45) is 0 Å². The molecule has 0 spiro atoms. The lowest BCUT2D eigenvalue weighted by Gasteiger charge is -2.17. The minimum absolute atomic E-state index is 0.0837. The molecule has 1 unspecified atom stereocenters. The summed E-state index contributed by atoms with van der Waals surface area (Å²) in [6, 6.07) is 12.5. The molecular weight excluding hydrogens is 226 g/mol. The van der Waals surface area contributed by atoms with Crippen LogP contribution in [0.15, 0.2) is 42.5 Å². The topological polar surface area (TPSA) is 52.5 Å². The number of phenols is 2. The molecule has 2 aromatic carbocycles. The van der Waals surface area contributed by atoms with E-state index in [0.717, 1.165) is 16.8 Å². The van der Waals surface area contributed by atoms with Gasteiger partial charge in [-0.05, 0) is 55.3 Å². The Balaban J connectivity index is 2.18. The highest BCUT2D eigenvalue weighted by molar-refractivity contribution is 5.54. The quantitative estimate of drug-likeness (QED) is 0.722. The van der Waals surface area contributed by atoms with Gasteiger partial charge in [0.05, 0.1) is 0 Å². The fourth-order valence-corrected chi connectivity index (χ4v) is 1.92. The number of phenolic OH excluding ortho intramolecular Hbond substituents is 2. The van der Waals surface area contributed by atoms with Crippen molar-refractivity contribution in [3.63, 3.8) is 0 Å². The summed E-state index contributed by atoms with van der Waals surface area (Å²) >= 11 is 0. The lowest BCUT2D eigenvalue weighted by Crippen LogP contribution is -2.07. The van der Waals surface area contributed by atoms with Crippen LogP contribution in [0.25, 0.3) is 0 Å². The second kappa shape index (κ2) is 5.00. The number of nitrogens with one attached hydrogen (secondary N) is 1. The van der Waals surface area contributed by atoms with E-state index in [1.807, 2.05) is 32.0 Å². The van der Waals surface area contributed by atoms with Crippen molar-refractivity contribution in [1.29, 1.82) is 0 Å². The Hall–Kier alpha value is -2.16. The van der Waals surface area contributed by atoms with Crippen LogP contribution in [0.3, 0.4) is 0 Å². The number of hydrogen-bond acceptors (Lipinski definition) is 3. The van der Waals surface area contributed by atoms with E-state index in [0.29, 0.717) is 0 Å². The third-order valence-electron chi connectivity index (χ3n) is 2.95. The largest absolute Gasteiger partial charge is 0.508 e. The van der Waals surface area contributed by atoms with Crippen LogP contribution in [0.4, 0.5) is 5.69 Å². The summed E-state index contributed by atoms with van der Waals surface area (Å²) in [7, 11) is 0. The zero-order valence-electron chi connectivity index (χ0n) is 10.5. The second-order valence-corrected chi connectivity index (χ2v) is 4.46. The maximum atomic E-state index is 9.46. The molecule has 0 fully saturated rings. The molecule has 0 saturated carbocycles. The first-order valence-electron chi connectivity index (χ1n) is 5.91. The molecule has 0 saturated heterocycles. The van der Waals surface area contributed by atoms with Gasteiger partial charge in [0.1, 0.15) is 11.5 Å². The predicted molar refractivity (Wildman–Crippen MR) is 73.0 cm³/mol. The molecule has 1 atom stereocenters. The third-order valence-corrected chi connectivity index (χ3v) is 2.95. The van der Waals surface area contributed by atoms with Crippen LogP contribution in [-0.2, 0) is 0 Å². The molecule has 3 nitrogen and oxygen atoms in total. The zero-order valence-corrected chi connectivity index (χ0v) is 10.5. The van der Waals surface area contributed by atoms with Gasteiger partial charge in [0, 0.05) is 11.7 Å². The number of hydrogen-bond donors (Lipinski definition) is 3. The zero-order chi connectivity index (χ0) is 13.1. The average molecular weight is 243 g/mol. The molecule has 0 bridgehead atoms. The van der Waals surface area contributed by atoms with Gasteiger partial charge in [-0.3, -0.25) is 0 Å². The first-order valence-corrected chi connectivity index (χ1v) is 5.91. The lowest BCUT2D eigenvalue weighted by molar-refractivity contribution is 0.474. The standard InChI is InChI=1S/C15H17NO2/c1-10-8-14(18)6-7-15(10)16-11(2)12-4-3-5-13(17)9-12/h3-9,11,16-18H,1-2H3. The van der Waals surface area contributed by atoms with Crippen LogP contribution in [0.2, 0.25) is 0 Å². The normalized spacial score (nSPS) is 12.1. The Labute approximate surface area is 107 Å². The molecule has 0 amide bonds. The molecule has 18 heavy (non-hydrogen) atoms. The summed E-state index contributed by atoms with van der Waals surface area (Å²) < 4.78 is 0. The molecule has 3 N–H and O–H groups in total.